The highest BCUT2D eigenvalue weighted by Crippen LogP contribution is 2.37. The van der Waals surface area contributed by atoms with Crippen LogP contribution in [0.4, 0.5) is 4.39 Å². The predicted molar refractivity (Wildman–Crippen MR) is 122 cm³/mol. The van der Waals surface area contributed by atoms with Crippen LogP contribution in [0.2, 0.25) is 0 Å². The molecule has 30 heavy (non-hydrogen) atoms. The molecule has 0 N–H and O–H groups in total. The van der Waals surface area contributed by atoms with E-state index in [9.17, 15) is 4.39 Å². The molecule has 1 heterocycles. The van der Waals surface area contributed by atoms with Crippen molar-refractivity contribution in [2.45, 2.75) is 110 Å². The van der Waals surface area contributed by atoms with Crippen molar-refractivity contribution in [1.82, 2.24) is 0 Å². The number of halogens is 1. The van der Waals surface area contributed by atoms with Gasteiger partial charge in [-0.3, -0.25) is 0 Å². The van der Waals surface area contributed by atoms with E-state index in [4.69, 9.17) is 9.47 Å². The first-order valence-electron chi connectivity index (χ1n) is 12.7. The molecule has 1 aromatic rings. The zero-order valence-electron chi connectivity index (χ0n) is 19.3. The highest BCUT2D eigenvalue weighted by molar-refractivity contribution is 5.27. The first-order valence-corrected chi connectivity index (χ1v) is 12.7. The van der Waals surface area contributed by atoms with Crippen LogP contribution in [0.1, 0.15) is 108 Å². The van der Waals surface area contributed by atoms with Gasteiger partial charge < -0.3 is 9.47 Å². The molecule has 2 aliphatic rings. The SMILES string of the molecule is CCCCCCCC1COC(CCc2ccc(C3CCC(CC)CC3)cc2F)OC1. The Hall–Kier alpha value is -0.930. The maximum absolute atomic E-state index is 14.7. The third-order valence-corrected chi connectivity index (χ3v) is 7.37. The minimum absolute atomic E-state index is 0.0501. The van der Waals surface area contributed by atoms with E-state index in [-0.39, 0.29) is 12.1 Å². The second-order valence-corrected chi connectivity index (χ2v) is 9.68. The summed E-state index contributed by atoms with van der Waals surface area (Å²) >= 11 is 0. The van der Waals surface area contributed by atoms with E-state index in [0.29, 0.717) is 18.3 Å². The lowest BCUT2D eigenvalue weighted by atomic mass is 9.77. The Kier molecular flexibility index (Phi) is 10.1. The summed E-state index contributed by atoms with van der Waals surface area (Å²) in [4.78, 5) is 0. The summed E-state index contributed by atoms with van der Waals surface area (Å²) in [5.74, 6) is 1.90. The van der Waals surface area contributed by atoms with E-state index in [2.05, 4.69) is 19.9 Å². The van der Waals surface area contributed by atoms with Crippen LogP contribution in [-0.4, -0.2) is 19.5 Å². The van der Waals surface area contributed by atoms with Crippen molar-refractivity contribution in [3.05, 3.63) is 35.1 Å². The number of benzene rings is 1. The first-order chi connectivity index (χ1) is 14.7. The third-order valence-electron chi connectivity index (χ3n) is 7.37. The zero-order chi connectivity index (χ0) is 21.2. The summed E-state index contributed by atoms with van der Waals surface area (Å²) in [7, 11) is 0. The van der Waals surface area contributed by atoms with Crippen molar-refractivity contribution >= 4 is 0 Å². The highest BCUT2D eigenvalue weighted by atomic mass is 19.1. The molecule has 3 heteroatoms. The molecule has 2 nitrogen and oxygen atoms in total. The van der Waals surface area contributed by atoms with Crippen molar-refractivity contribution < 1.29 is 13.9 Å². The number of aryl methyl sites for hydroxylation is 1. The molecule has 0 radical (unpaired) electrons. The normalized spacial score (nSPS) is 27.3. The Labute approximate surface area is 183 Å². The molecule has 0 aromatic heterocycles. The van der Waals surface area contributed by atoms with Crippen LogP contribution in [0.3, 0.4) is 0 Å². The Morgan fingerprint density at radius 1 is 0.867 bits per heavy atom. The summed E-state index contributed by atoms with van der Waals surface area (Å²) in [6.07, 6.45) is 15.3. The number of rotatable bonds is 11. The fraction of sp³-hybridized carbons (Fsp3) is 0.778. The van der Waals surface area contributed by atoms with Gasteiger partial charge in [-0.05, 0) is 67.6 Å². The van der Waals surface area contributed by atoms with Crippen LogP contribution in [-0.2, 0) is 15.9 Å². The van der Waals surface area contributed by atoms with Gasteiger partial charge in [0.15, 0.2) is 6.29 Å². The lowest BCUT2D eigenvalue weighted by Gasteiger charge is -2.30. The molecule has 0 unspecified atom stereocenters. The summed E-state index contributed by atoms with van der Waals surface area (Å²) in [6.45, 7) is 6.12. The monoisotopic (exact) mass is 418 g/mol. The lowest BCUT2D eigenvalue weighted by Crippen LogP contribution is -2.32. The van der Waals surface area contributed by atoms with E-state index in [1.165, 1.54) is 76.2 Å². The Morgan fingerprint density at radius 2 is 1.60 bits per heavy atom. The van der Waals surface area contributed by atoms with E-state index in [1.54, 1.807) is 6.07 Å². The van der Waals surface area contributed by atoms with Gasteiger partial charge in [0, 0.05) is 12.3 Å². The Morgan fingerprint density at radius 3 is 2.27 bits per heavy atom. The average Bonchev–Trinajstić information content (AvgIpc) is 2.79. The number of hydrogen-bond donors (Lipinski definition) is 0. The minimum Gasteiger partial charge on any atom is -0.352 e. The number of ether oxygens (including phenoxy) is 2. The molecule has 1 saturated heterocycles. The standard InChI is InChI=1S/C27H43FO2/c1-3-5-6-7-8-9-22-19-29-27(30-20-22)17-16-24-14-15-25(18-26(24)28)23-12-10-21(4-2)11-13-23/h14-15,18,21-23,27H,3-13,16-17,19-20H2,1-2H3. The average molecular weight is 419 g/mol. The van der Waals surface area contributed by atoms with Crippen LogP contribution in [0, 0.1) is 17.7 Å². The van der Waals surface area contributed by atoms with Gasteiger partial charge in [0.05, 0.1) is 13.2 Å². The summed E-state index contributed by atoms with van der Waals surface area (Å²) in [5, 5.41) is 0. The summed E-state index contributed by atoms with van der Waals surface area (Å²) < 4.78 is 26.6. The van der Waals surface area contributed by atoms with Crippen LogP contribution < -0.4 is 0 Å². The highest BCUT2D eigenvalue weighted by Gasteiger charge is 2.24. The largest absolute Gasteiger partial charge is 0.352 e. The van der Waals surface area contributed by atoms with E-state index >= 15 is 0 Å². The van der Waals surface area contributed by atoms with Crippen LogP contribution in [0.5, 0.6) is 0 Å². The maximum atomic E-state index is 14.7. The smallest absolute Gasteiger partial charge is 0.157 e. The van der Waals surface area contributed by atoms with Crippen molar-refractivity contribution in [3.8, 4) is 0 Å². The molecule has 0 spiro atoms. The quantitative estimate of drug-likeness (QED) is 0.341. The number of unbranched alkanes of at least 4 members (excludes halogenated alkanes) is 4. The molecule has 3 rings (SSSR count). The van der Waals surface area contributed by atoms with Gasteiger partial charge in [0.25, 0.3) is 0 Å². The molecule has 1 saturated carbocycles. The van der Waals surface area contributed by atoms with Crippen molar-refractivity contribution in [2.24, 2.45) is 11.8 Å². The second kappa shape index (κ2) is 12.8. The van der Waals surface area contributed by atoms with Crippen LogP contribution >= 0.6 is 0 Å². The molecule has 1 aromatic carbocycles. The van der Waals surface area contributed by atoms with Crippen molar-refractivity contribution in [2.75, 3.05) is 13.2 Å². The van der Waals surface area contributed by atoms with E-state index in [0.717, 1.165) is 31.1 Å². The summed E-state index contributed by atoms with van der Waals surface area (Å²) in [6, 6.07) is 5.95. The van der Waals surface area contributed by atoms with Crippen LogP contribution in [0.15, 0.2) is 18.2 Å². The van der Waals surface area contributed by atoms with Crippen LogP contribution in [0.25, 0.3) is 0 Å². The van der Waals surface area contributed by atoms with Gasteiger partial charge in [0.1, 0.15) is 5.82 Å². The third kappa shape index (κ3) is 7.34. The molecule has 1 aliphatic carbocycles. The predicted octanol–water partition coefficient (Wildman–Crippen LogP) is 7.79. The van der Waals surface area contributed by atoms with Crippen molar-refractivity contribution in [1.29, 1.82) is 0 Å². The molecular formula is C27H43FO2. The zero-order valence-corrected chi connectivity index (χ0v) is 19.3. The second-order valence-electron chi connectivity index (χ2n) is 9.68. The van der Waals surface area contributed by atoms with Gasteiger partial charge in [-0.2, -0.15) is 0 Å². The molecule has 0 atom stereocenters. The molecule has 170 valence electrons. The first kappa shape index (κ1) is 23.7. The summed E-state index contributed by atoms with van der Waals surface area (Å²) in [5.41, 5.74) is 1.99. The Bertz CT molecular complexity index is 601. The topological polar surface area (TPSA) is 18.5 Å². The van der Waals surface area contributed by atoms with E-state index < -0.39 is 0 Å². The van der Waals surface area contributed by atoms with Gasteiger partial charge >= 0.3 is 0 Å². The lowest BCUT2D eigenvalue weighted by molar-refractivity contribution is -0.203. The molecule has 1 aliphatic heterocycles. The maximum Gasteiger partial charge on any atom is 0.157 e. The Balaban J connectivity index is 1.36. The van der Waals surface area contributed by atoms with E-state index in [1.807, 2.05) is 6.07 Å². The van der Waals surface area contributed by atoms with Gasteiger partial charge in [-0.15, -0.1) is 0 Å². The fourth-order valence-corrected chi connectivity index (χ4v) is 5.15. The fourth-order valence-electron chi connectivity index (χ4n) is 5.15. The molecule has 0 bridgehead atoms. The molecular weight excluding hydrogens is 375 g/mol. The van der Waals surface area contributed by atoms with Gasteiger partial charge in [-0.25, -0.2) is 4.39 Å². The number of hydrogen-bond acceptors (Lipinski definition) is 2. The minimum atomic E-state index is -0.176. The van der Waals surface area contributed by atoms with Crippen molar-refractivity contribution in [3.63, 3.8) is 0 Å². The van der Waals surface area contributed by atoms with Gasteiger partial charge in [0.2, 0.25) is 0 Å². The van der Waals surface area contributed by atoms with Gasteiger partial charge in [-0.1, -0.05) is 64.5 Å². The molecule has 2 fully saturated rings. The molecule has 0 amide bonds.